The summed E-state index contributed by atoms with van der Waals surface area (Å²) in [6.45, 7) is 100. The molecule has 0 heterocycles. The first kappa shape index (κ1) is 57.1. The third kappa shape index (κ3) is 55.1. The van der Waals surface area contributed by atoms with E-state index in [1.54, 1.807) is 7.00 Å². The Kier molecular flexibility index (Phi) is 59.3. The van der Waals surface area contributed by atoms with Crippen LogP contribution in [0.4, 0.5) is 0 Å². The third-order valence-corrected chi connectivity index (χ3v) is 5.76. The average Bonchev–Trinajstić information content (AvgIpc) is 3.18. The Morgan fingerprint density at radius 2 is 0.352 bits per heavy atom. The van der Waals surface area contributed by atoms with E-state index in [2.05, 4.69) is 0 Å². The van der Waals surface area contributed by atoms with Crippen molar-refractivity contribution in [1.82, 2.24) is 0 Å². The van der Waals surface area contributed by atoms with Gasteiger partial charge in [-0.05, 0) is 0 Å². The van der Waals surface area contributed by atoms with E-state index in [0.29, 0.717) is 6.61 Å². The van der Waals surface area contributed by atoms with Crippen LogP contribution in [0.15, 0.2) is 0 Å². The molecule has 0 saturated heterocycles. The predicted octanol–water partition coefficient (Wildman–Crippen LogP) is -19.5. The molecule has 0 radical (unpaired) electrons. The average molecular weight is 598 g/mol. The van der Waals surface area contributed by atoms with Crippen molar-refractivity contribution in [3.63, 3.8) is 0 Å². The van der Waals surface area contributed by atoms with Crippen LogP contribution < -0.4 is 0 Å². The Bertz CT molecular complexity index is 1690. The van der Waals surface area contributed by atoms with Crippen LogP contribution >= 0.6 is 0 Å². The molecule has 0 saturated carbocycles. The number of hydrogen-bond donors (Lipinski definition) is 0. The zero-order valence-corrected chi connectivity index (χ0v) is 32.0. The fourth-order valence-corrected chi connectivity index (χ4v) is 3.26. The zero-order valence-electron chi connectivity index (χ0n) is 32.0. The van der Waals surface area contributed by atoms with Gasteiger partial charge in [0, 0.05) is 0 Å². The number of rotatable bonds is 26. The summed E-state index contributed by atoms with van der Waals surface area (Å²) < 4.78 is 5.11. The van der Waals surface area contributed by atoms with Gasteiger partial charge >= 0.3 is 361 Å². The Morgan fingerprint density at radius 3 is 0.481 bits per heavy atom. The van der Waals surface area contributed by atoms with E-state index in [1.165, 1.54) is 0 Å². The van der Waals surface area contributed by atoms with Gasteiger partial charge < -0.3 is 0 Å². The van der Waals surface area contributed by atoms with Crippen LogP contribution in [0.25, 0.3) is 0 Å². The van der Waals surface area contributed by atoms with Gasteiger partial charge in [-0.2, -0.15) is 0 Å². The second-order valence-electron chi connectivity index (χ2n) is 10.2. The van der Waals surface area contributed by atoms with E-state index in [1.807, 2.05) is 343 Å². The van der Waals surface area contributed by atoms with Gasteiger partial charge in [0.25, 0.3) is 0 Å². The summed E-state index contributed by atoms with van der Waals surface area (Å²) >= 11 is 0. The van der Waals surface area contributed by atoms with Crippen LogP contribution in [-0.2, 0) is 4.65 Å². The molecule has 0 N–H and O–H groups in total. The van der Waals surface area contributed by atoms with Crippen molar-refractivity contribution in [2.24, 2.45) is 0 Å². The van der Waals surface area contributed by atoms with E-state index < -0.39 is 0 Å². The standard InChI is InChI=1S/C2H7B51O/c1-2-54-53-52-51-50-49-48-47-46-45-44-43-42-41-40-39-38-37-36-35-34-33-32-31-30-29-28-27-26-25-24-23-22-21-20-19-18-17-16-15-14-13-12-11-10-9-8-7-6-5-4-3/h2-3H2,1H3. The fraction of sp³-hybridized carbons (Fsp3) is 1.00. The maximum absolute atomic E-state index is 5.11. The van der Waals surface area contributed by atoms with Crippen molar-refractivity contribution < 1.29 is 4.65 Å². The SMILES string of the molecule is BB=BB=BB=BB=BB=BB=BB=BB=BB=BB=BB=BB=BB=BB=BB=BB=BB=BB=BB=BB=BB=BB=BB=BB=BB=BOCC. The Balaban J connectivity index is 4.05. The molecule has 0 aromatic heterocycles. The van der Waals surface area contributed by atoms with Crippen molar-refractivity contribution in [3.8, 4) is 0 Å². The zero-order chi connectivity index (χ0) is 38.8. The van der Waals surface area contributed by atoms with Gasteiger partial charge in [0.2, 0.25) is 0 Å². The van der Waals surface area contributed by atoms with Gasteiger partial charge in [-0.25, -0.2) is 0 Å². The van der Waals surface area contributed by atoms with Gasteiger partial charge in [-0.1, -0.05) is 0 Å². The van der Waals surface area contributed by atoms with Crippen molar-refractivity contribution in [1.29, 1.82) is 0 Å². The molecule has 0 aromatic carbocycles. The molecule has 0 aliphatic rings. The normalized spacial score (nSPS) is 7.87. The molecule has 0 fully saturated rings. The molecule has 0 aromatic rings. The van der Waals surface area contributed by atoms with Gasteiger partial charge in [0.15, 0.2) is 0 Å². The van der Waals surface area contributed by atoms with Crippen molar-refractivity contribution in [3.05, 3.63) is 0 Å². The molecule has 0 rings (SSSR count). The molecule has 54 heavy (non-hydrogen) atoms. The summed E-state index contributed by atoms with van der Waals surface area (Å²) in [5, 5.41) is 0. The van der Waals surface area contributed by atoms with E-state index in [0.717, 1.165) is 0 Å². The number of hydrogen-bond acceptors (Lipinski definition) is 1. The molecule has 1 nitrogen and oxygen atoms in total. The monoisotopic (exact) mass is 609 g/mol. The van der Waals surface area contributed by atoms with Gasteiger partial charge in [-0.3, -0.25) is 0 Å². The molecular weight excluding hydrogens is 591 g/mol. The Labute approximate surface area is 357 Å². The summed E-state index contributed by atoms with van der Waals surface area (Å²) in [5.41, 5.74) is 0. The van der Waals surface area contributed by atoms with Gasteiger partial charge in [0.05, 0.1) is 0 Å². The molecule has 0 amide bonds. The van der Waals surface area contributed by atoms with E-state index >= 15 is 0 Å². The van der Waals surface area contributed by atoms with Gasteiger partial charge in [-0.15, -0.1) is 0 Å². The predicted molar refractivity (Wildman–Crippen MR) is 308 cm³/mol. The summed E-state index contributed by atoms with van der Waals surface area (Å²) in [5.74, 6) is 0. The summed E-state index contributed by atoms with van der Waals surface area (Å²) in [6, 6.07) is 0. The van der Waals surface area contributed by atoms with Gasteiger partial charge in [0.1, 0.15) is 0 Å². The van der Waals surface area contributed by atoms with Crippen molar-refractivity contribution in [2.45, 2.75) is 6.92 Å². The molecule has 0 aliphatic carbocycles. The minimum atomic E-state index is 0.687. The van der Waals surface area contributed by atoms with Crippen LogP contribution in [0, 0.1) is 0 Å². The van der Waals surface area contributed by atoms with Crippen LogP contribution in [0.1, 0.15) is 6.92 Å². The quantitative estimate of drug-likeness (QED) is 0.0901. The van der Waals surface area contributed by atoms with Crippen LogP contribution in [0.3, 0.4) is 0 Å². The van der Waals surface area contributed by atoms with E-state index in [9.17, 15) is 0 Å². The maximum atomic E-state index is 5.11. The minimum absolute atomic E-state index is 0.687. The Hall–Kier alpha value is 3.11. The molecule has 0 unspecified atom stereocenters. The Morgan fingerprint density at radius 1 is 0.222 bits per heavy atom. The molecule has 174 valence electrons. The molecule has 0 spiro atoms. The van der Waals surface area contributed by atoms with Crippen molar-refractivity contribution in [2.75, 3.05) is 6.61 Å². The summed E-state index contributed by atoms with van der Waals surface area (Å²) in [4.78, 5) is 0. The van der Waals surface area contributed by atoms with Crippen LogP contribution in [-0.4, -0.2) is 349 Å². The fourth-order valence-electron chi connectivity index (χ4n) is 3.26. The molecule has 0 aliphatic heterocycles. The molecule has 0 atom stereocenters. The topological polar surface area (TPSA) is 9.23 Å². The second-order valence-corrected chi connectivity index (χ2v) is 10.2. The first-order valence-electron chi connectivity index (χ1n) is 18.1. The molecular formula is C2H7B51O. The van der Waals surface area contributed by atoms with Crippen LogP contribution in [0.5, 0.6) is 0 Å². The first-order valence-corrected chi connectivity index (χ1v) is 18.1. The summed E-state index contributed by atoms with van der Waals surface area (Å²) in [6.07, 6.45) is 0. The van der Waals surface area contributed by atoms with E-state index in [4.69, 9.17) is 4.65 Å². The third-order valence-electron chi connectivity index (χ3n) is 5.76. The van der Waals surface area contributed by atoms with E-state index in [-0.39, 0.29) is 0 Å². The first-order chi connectivity index (χ1) is 26.9. The summed E-state index contributed by atoms with van der Waals surface area (Å²) in [7, 11) is 3.68. The van der Waals surface area contributed by atoms with Crippen LogP contribution in [0.2, 0.25) is 0 Å². The molecule has 52 heteroatoms. The van der Waals surface area contributed by atoms with Crippen molar-refractivity contribution >= 4 is 343 Å². The second kappa shape index (κ2) is 56.1. The molecule has 0 bridgehead atoms.